The van der Waals surface area contributed by atoms with Gasteiger partial charge in [0.05, 0.1) is 6.10 Å². The number of aliphatic hydroxyl groups excluding tert-OH is 1. The first-order valence-corrected chi connectivity index (χ1v) is 4.41. The van der Waals surface area contributed by atoms with Crippen molar-refractivity contribution < 1.29 is 5.11 Å². The molecule has 0 spiro atoms. The lowest BCUT2D eigenvalue weighted by molar-refractivity contribution is 0.184. The number of rotatable bonds is 2. The SMILES string of the molecule is C#CCC(O)c1cccc(C)c1Cl. The second-order valence-corrected chi connectivity index (χ2v) is 3.28. The first-order chi connectivity index (χ1) is 6.16. The van der Waals surface area contributed by atoms with Crippen molar-refractivity contribution in [2.45, 2.75) is 19.4 Å². The number of terminal acetylenes is 1. The Morgan fingerprint density at radius 3 is 2.92 bits per heavy atom. The molecule has 0 heterocycles. The van der Waals surface area contributed by atoms with E-state index in [0.29, 0.717) is 17.0 Å². The maximum Gasteiger partial charge on any atom is 0.0913 e. The molecule has 0 aliphatic heterocycles. The third kappa shape index (κ3) is 2.24. The summed E-state index contributed by atoms with van der Waals surface area (Å²) >= 11 is 6.00. The first kappa shape index (κ1) is 10.1. The van der Waals surface area contributed by atoms with Crippen molar-refractivity contribution in [2.75, 3.05) is 0 Å². The van der Waals surface area contributed by atoms with Crippen molar-refractivity contribution in [2.24, 2.45) is 0 Å². The van der Waals surface area contributed by atoms with E-state index in [1.54, 1.807) is 6.07 Å². The number of aliphatic hydroxyl groups is 1. The second kappa shape index (κ2) is 4.32. The third-order valence-corrected chi connectivity index (χ3v) is 2.41. The van der Waals surface area contributed by atoms with Gasteiger partial charge in [-0.05, 0) is 12.5 Å². The molecule has 2 heteroatoms. The molecule has 1 nitrogen and oxygen atoms in total. The Morgan fingerprint density at radius 1 is 1.62 bits per heavy atom. The van der Waals surface area contributed by atoms with Gasteiger partial charge in [0.1, 0.15) is 0 Å². The summed E-state index contributed by atoms with van der Waals surface area (Å²) in [6.45, 7) is 1.90. The molecular weight excluding hydrogens is 184 g/mol. The Kier molecular flexibility index (Phi) is 3.36. The Labute approximate surface area is 83.4 Å². The van der Waals surface area contributed by atoms with Gasteiger partial charge in [0.25, 0.3) is 0 Å². The van der Waals surface area contributed by atoms with Crippen LogP contribution in [0, 0.1) is 19.3 Å². The lowest BCUT2D eigenvalue weighted by atomic mass is 10.0. The molecule has 0 aliphatic carbocycles. The van der Waals surface area contributed by atoms with E-state index in [0.717, 1.165) is 5.56 Å². The van der Waals surface area contributed by atoms with Gasteiger partial charge < -0.3 is 5.11 Å². The highest BCUT2D eigenvalue weighted by Gasteiger charge is 2.10. The van der Waals surface area contributed by atoms with Gasteiger partial charge in [0, 0.05) is 17.0 Å². The quantitative estimate of drug-likeness (QED) is 0.718. The van der Waals surface area contributed by atoms with E-state index >= 15 is 0 Å². The van der Waals surface area contributed by atoms with Crippen molar-refractivity contribution in [1.82, 2.24) is 0 Å². The molecule has 1 unspecified atom stereocenters. The van der Waals surface area contributed by atoms with Gasteiger partial charge >= 0.3 is 0 Å². The van der Waals surface area contributed by atoms with Crippen LogP contribution in [0.1, 0.15) is 23.7 Å². The van der Waals surface area contributed by atoms with Crippen molar-refractivity contribution in [3.8, 4) is 12.3 Å². The summed E-state index contributed by atoms with van der Waals surface area (Å²) in [5.41, 5.74) is 1.66. The molecule has 0 fully saturated rings. The average molecular weight is 195 g/mol. The van der Waals surface area contributed by atoms with E-state index in [-0.39, 0.29) is 0 Å². The van der Waals surface area contributed by atoms with Gasteiger partial charge in [0.15, 0.2) is 0 Å². The highest BCUT2D eigenvalue weighted by Crippen LogP contribution is 2.27. The van der Waals surface area contributed by atoms with Crippen LogP contribution in [-0.2, 0) is 0 Å². The molecular formula is C11H11ClO. The van der Waals surface area contributed by atoms with Crippen molar-refractivity contribution in [3.63, 3.8) is 0 Å². The zero-order valence-electron chi connectivity index (χ0n) is 7.42. The third-order valence-electron chi connectivity index (χ3n) is 1.89. The molecule has 1 atom stereocenters. The first-order valence-electron chi connectivity index (χ1n) is 4.03. The van der Waals surface area contributed by atoms with Gasteiger partial charge in [-0.1, -0.05) is 29.8 Å². The summed E-state index contributed by atoms with van der Waals surface area (Å²) in [5.74, 6) is 2.40. The molecule has 0 radical (unpaired) electrons. The summed E-state index contributed by atoms with van der Waals surface area (Å²) in [5, 5.41) is 10.2. The van der Waals surface area contributed by atoms with Gasteiger partial charge in [-0.3, -0.25) is 0 Å². The molecule has 0 bridgehead atoms. The fourth-order valence-electron chi connectivity index (χ4n) is 1.15. The fraction of sp³-hybridized carbons (Fsp3) is 0.273. The van der Waals surface area contributed by atoms with Crippen molar-refractivity contribution >= 4 is 11.6 Å². The molecule has 0 amide bonds. The average Bonchev–Trinajstić information content (AvgIpc) is 2.10. The standard InChI is InChI=1S/C11H11ClO/c1-3-5-10(13)9-7-4-6-8(2)11(9)12/h1,4,6-7,10,13H,5H2,2H3. The summed E-state index contributed by atoms with van der Waals surface area (Å²) in [4.78, 5) is 0. The topological polar surface area (TPSA) is 20.2 Å². The molecule has 0 saturated heterocycles. The van der Waals surface area contributed by atoms with E-state index in [4.69, 9.17) is 18.0 Å². The molecule has 1 N–H and O–H groups in total. The minimum Gasteiger partial charge on any atom is -0.387 e. The number of hydrogen-bond donors (Lipinski definition) is 1. The maximum absolute atomic E-state index is 9.60. The van der Waals surface area contributed by atoms with E-state index in [9.17, 15) is 5.11 Å². The Balaban J connectivity index is 3.02. The second-order valence-electron chi connectivity index (χ2n) is 2.90. The molecule has 0 aliphatic rings. The van der Waals surface area contributed by atoms with E-state index in [1.165, 1.54) is 0 Å². The number of aryl methyl sites for hydroxylation is 1. The Hall–Kier alpha value is -0.970. The fourth-order valence-corrected chi connectivity index (χ4v) is 1.40. The largest absolute Gasteiger partial charge is 0.387 e. The zero-order chi connectivity index (χ0) is 9.84. The van der Waals surface area contributed by atoms with Crippen molar-refractivity contribution in [1.29, 1.82) is 0 Å². The van der Waals surface area contributed by atoms with Crippen LogP contribution in [0.15, 0.2) is 18.2 Å². The van der Waals surface area contributed by atoms with Crippen LogP contribution in [0.2, 0.25) is 5.02 Å². The molecule has 1 aromatic rings. The Morgan fingerprint density at radius 2 is 2.31 bits per heavy atom. The van der Waals surface area contributed by atoms with Crippen molar-refractivity contribution in [3.05, 3.63) is 34.3 Å². The summed E-state index contributed by atoms with van der Waals surface area (Å²) < 4.78 is 0. The van der Waals surface area contributed by atoms with Crippen LogP contribution in [0.5, 0.6) is 0 Å². The molecule has 1 aromatic carbocycles. The predicted molar refractivity (Wildman–Crippen MR) is 54.6 cm³/mol. The molecule has 1 rings (SSSR count). The smallest absolute Gasteiger partial charge is 0.0913 e. The molecule has 13 heavy (non-hydrogen) atoms. The summed E-state index contributed by atoms with van der Waals surface area (Å²) in [7, 11) is 0. The van der Waals surface area contributed by atoms with Crippen LogP contribution < -0.4 is 0 Å². The van der Waals surface area contributed by atoms with Crippen LogP contribution in [0.3, 0.4) is 0 Å². The van der Waals surface area contributed by atoms with Gasteiger partial charge in [-0.2, -0.15) is 0 Å². The molecule has 68 valence electrons. The minimum atomic E-state index is -0.655. The zero-order valence-corrected chi connectivity index (χ0v) is 8.17. The highest BCUT2D eigenvalue weighted by molar-refractivity contribution is 6.32. The van der Waals surface area contributed by atoms with Gasteiger partial charge in [-0.15, -0.1) is 12.3 Å². The predicted octanol–water partition coefficient (Wildman–Crippen LogP) is 2.71. The van der Waals surface area contributed by atoms with Gasteiger partial charge in [-0.25, -0.2) is 0 Å². The van der Waals surface area contributed by atoms with E-state index in [2.05, 4.69) is 5.92 Å². The highest BCUT2D eigenvalue weighted by atomic mass is 35.5. The lowest BCUT2D eigenvalue weighted by Gasteiger charge is -2.10. The summed E-state index contributed by atoms with van der Waals surface area (Å²) in [6.07, 6.45) is 4.74. The number of halogens is 1. The minimum absolute atomic E-state index is 0.295. The molecule has 0 aromatic heterocycles. The number of hydrogen-bond acceptors (Lipinski definition) is 1. The lowest BCUT2D eigenvalue weighted by Crippen LogP contribution is -1.97. The normalized spacial score (nSPS) is 12.2. The van der Waals surface area contributed by atoms with E-state index < -0.39 is 6.10 Å². The summed E-state index contributed by atoms with van der Waals surface area (Å²) in [6, 6.07) is 5.54. The van der Waals surface area contributed by atoms with Crippen LogP contribution in [0.25, 0.3) is 0 Å². The number of benzene rings is 1. The van der Waals surface area contributed by atoms with Gasteiger partial charge in [0.2, 0.25) is 0 Å². The Bertz CT molecular complexity index is 338. The van der Waals surface area contributed by atoms with Crippen LogP contribution in [-0.4, -0.2) is 5.11 Å². The monoisotopic (exact) mass is 194 g/mol. The van der Waals surface area contributed by atoms with Crippen LogP contribution in [0.4, 0.5) is 0 Å². The maximum atomic E-state index is 9.60. The molecule has 0 saturated carbocycles. The van der Waals surface area contributed by atoms with E-state index in [1.807, 2.05) is 19.1 Å². The van der Waals surface area contributed by atoms with Crippen LogP contribution >= 0.6 is 11.6 Å².